The molecular weight excluding hydrogens is 232 g/mol. The lowest BCUT2D eigenvalue weighted by Gasteiger charge is -2.28. The summed E-state index contributed by atoms with van der Waals surface area (Å²) < 4.78 is 15.9. The maximum absolute atomic E-state index is 11.5. The van der Waals surface area contributed by atoms with Crippen molar-refractivity contribution in [1.29, 1.82) is 0 Å². The molecule has 0 aliphatic rings. The molecule has 0 heterocycles. The number of carbonyl (C=O) groups is 1. The van der Waals surface area contributed by atoms with Crippen LogP contribution in [0.4, 0.5) is 0 Å². The van der Waals surface area contributed by atoms with Gasteiger partial charge in [-0.15, -0.1) is 0 Å². The first-order valence-electron chi connectivity index (χ1n) is 6.18. The summed E-state index contributed by atoms with van der Waals surface area (Å²) in [4.78, 5) is 11.5. The molecule has 0 atom stereocenters. The Kier molecular flexibility index (Phi) is 7.18. The first-order chi connectivity index (χ1) is 8.22. The zero-order chi connectivity index (χ0) is 14.2. The van der Waals surface area contributed by atoms with E-state index in [9.17, 15) is 4.79 Å². The molecule has 0 aromatic carbocycles. The number of rotatable bonds is 9. The fraction of sp³-hybridized carbons (Fsp3) is 0.786. The number of ether oxygens (including phenoxy) is 3. The molecule has 0 aliphatic carbocycles. The van der Waals surface area contributed by atoms with Gasteiger partial charge >= 0.3 is 5.97 Å². The number of esters is 1. The zero-order valence-electron chi connectivity index (χ0n) is 12.2. The van der Waals surface area contributed by atoms with Crippen LogP contribution in [0.5, 0.6) is 0 Å². The van der Waals surface area contributed by atoms with Crippen molar-refractivity contribution in [2.75, 3.05) is 20.3 Å². The second kappa shape index (κ2) is 7.54. The largest absolute Gasteiger partial charge is 0.461 e. The molecule has 4 nitrogen and oxygen atoms in total. The fourth-order valence-electron chi connectivity index (χ4n) is 1.28. The molecule has 0 aromatic heterocycles. The Morgan fingerprint density at radius 3 is 2.33 bits per heavy atom. The maximum atomic E-state index is 11.5. The summed E-state index contributed by atoms with van der Waals surface area (Å²) in [7, 11) is 1.68. The van der Waals surface area contributed by atoms with Crippen molar-refractivity contribution in [3.63, 3.8) is 0 Å². The summed E-state index contributed by atoms with van der Waals surface area (Å²) in [6.07, 6.45) is 2.55. The van der Waals surface area contributed by atoms with Crippen LogP contribution in [0.2, 0.25) is 0 Å². The lowest BCUT2D eigenvalue weighted by atomic mass is 10.0. The molecule has 106 valence electrons. The number of hydrogen-bond donors (Lipinski definition) is 0. The highest BCUT2D eigenvalue weighted by molar-refractivity contribution is 5.70. The van der Waals surface area contributed by atoms with E-state index in [0.717, 1.165) is 6.42 Å². The second-order valence-electron chi connectivity index (χ2n) is 5.47. The molecule has 0 saturated heterocycles. The Balaban J connectivity index is 4.00. The van der Waals surface area contributed by atoms with Crippen molar-refractivity contribution in [2.45, 2.75) is 51.7 Å². The van der Waals surface area contributed by atoms with Crippen LogP contribution < -0.4 is 0 Å². The molecule has 0 amide bonds. The molecule has 0 radical (unpaired) electrons. The zero-order valence-corrected chi connectivity index (χ0v) is 12.2. The molecule has 0 aromatic rings. The van der Waals surface area contributed by atoms with Crippen LogP contribution >= 0.6 is 0 Å². The van der Waals surface area contributed by atoms with Gasteiger partial charge in [0.1, 0.15) is 6.61 Å². The number of carbonyl (C=O) groups excluding carboxylic acids is 1. The Morgan fingerprint density at radius 1 is 1.22 bits per heavy atom. The van der Waals surface area contributed by atoms with Crippen molar-refractivity contribution in [1.82, 2.24) is 0 Å². The van der Waals surface area contributed by atoms with E-state index < -0.39 is 5.60 Å². The SMILES string of the molecule is C=CCOC(=O)CC(C)(C)OCCC(C)(C)OC. The predicted molar refractivity (Wildman–Crippen MR) is 71.5 cm³/mol. The van der Waals surface area contributed by atoms with Gasteiger partial charge in [-0.3, -0.25) is 4.79 Å². The molecule has 18 heavy (non-hydrogen) atoms. The lowest BCUT2D eigenvalue weighted by molar-refractivity contribution is -0.149. The van der Waals surface area contributed by atoms with Crippen LogP contribution in [0.15, 0.2) is 12.7 Å². The minimum Gasteiger partial charge on any atom is -0.461 e. The molecule has 0 N–H and O–H groups in total. The van der Waals surface area contributed by atoms with Crippen LogP contribution in [0, 0.1) is 0 Å². The van der Waals surface area contributed by atoms with Gasteiger partial charge in [0, 0.05) is 7.11 Å². The quantitative estimate of drug-likeness (QED) is 0.471. The van der Waals surface area contributed by atoms with E-state index in [-0.39, 0.29) is 24.6 Å². The fourth-order valence-corrected chi connectivity index (χ4v) is 1.28. The van der Waals surface area contributed by atoms with E-state index in [4.69, 9.17) is 14.2 Å². The van der Waals surface area contributed by atoms with Crippen molar-refractivity contribution >= 4 is 5.97 Å². The van der Waals surface area contributed by atoms with E-state index >= 15 is 0 Å². The molecule has 0 spiro atoms. The van der Waals surface area contributed by atoms with Gasteiger partial charge in [0.15, 0.2) is 0 Å². The Labute approximate surface area is 110 Å². The molecule has 0 bridgehead atoms. The van der Waals surface area contributed by atoms with Gasteiger partial charge in [0.2, 0.25) is 0 Å². The van der Waals surface area contributed by atoms with Crippen LogP contribution in [-0.2, 0) is 19.0 Å². The highest BCUT2D eigenvalue weighted by Gasteiger charge is 2.25. The lowest BCUT2D eigenvalue weighted by Crippen LogP contribution is -2.32. The van der Waals surface area contributed by atoms with Crippen LogP contribution in [0.1, 0.15) is 40.5 Å². The maximum Gasteiger partial charge on any atom is 0.309 e. The predicted octanol–water partition coefficient (Wildman–Crippen LogP) is 2.72. The Bertz CT molecular complexity index is 269. The van der Waals surface area contributed by atoms with Crippen LogP contribution in [-0.4, -0.2) is 37.5 Å². The van der Waals surface area contributed by atoms with Crippen molar-refractivity contribution in [3.05, 3.63) is 12.7 Å². The first-order valence-corrected chi connectivity index (χ1v) is 6.18. The summed E-state index contributed by atoms with van der Waals surface area (Å²) in [5, 5.41) is 0. The summed E-state index contributed by atoms with van der Waals surface area (Å²) in [6, 6.07) is 0. The molecule has 0 saturated carbocycles. The van der Waals surface area contributed by atoms with Crippen molar-refractivity contribution < 1.29 is 19.0 Å². The van der Waals surface area contributed by atoms with Gasteiger partial charge < -0.3 is 14.2 Å². The number of methoxy groups -OCH3 is 1. The van der Waals surface area contributed by atoms with Gasteiger partial charge in [-0.05, 0) is 34.1 Å². The first kappa shape index (κ1) is 17.1. The van der Waals surface area contributed by atoms with E-state index in [1.54, 1.807) is 13.2 Å². The molecule has 4 heteroatoms. The Morgan fingerprint density at radius 2 is 1.83 bits per heavy atom. The van der Waals surface area contributed by atoms with Gasteiger partial charge in [-0.2, -0.15) is 0 Å². The highest BCUT2D eigenvalue weighted by atomic mass is 16.5. The normalized spacial score (nSPS) is 12.3. The molecule has 0 rings (SSSR count). The highest BCUT2D eigenvalue weighted by Crippen LogP contribution is 2.19. The average molecular weight is 258 g/mol. The third-order valence-electron chi connectivity index (χ3n) is 2.68. The van der Waals surface area contributed by atoms with E-state index in [0.29, 0.717) is 6.61 Å². The molecule has 0 unspecified atom stereocenters. The van der Waals surface area contributed by atoms with Crippen LogP contribution in [0.25, 0.3) is 0 Å². The summed E-state index contributed by atoms with van der Waals surface area (Å²) in [6.45, 7) is 12.0. The monoisotopic (exact) mass is 258 g/mol. The van der Waals surface area contributed by atoms with Gasteiger partial charge in [0.05, 0.1) is 24.2 Å². The second-order valence-corrected chi connectivity index (χ2v) is 5.47. The Hall–Kier alpha value is -0.870. The topological polar surface area (TPSA) is 44.8 Å². The third-order valence-corrected chi connectivity index (χ3v) is 2.68. The van der Waals surface area contributed by atoms with Crippen LogP contribution in [0.3, 0.4) is 0 Å². The minimum atomic E-state index is -0.526. The molecule has 0 aliphatic heterocycles. The minimum absolute atomic E-state index is 0.209. The summed E-state index contributed by atoms with van der Waals surface area (Å²) >= 11 is 0. The standard InChI is InChI=1S/C14H26O4/c1-7-9-17-12(15)11-14(4,5)18-10-8-13(2,3)16-6/h7H,1,8-11H2,2-6H3. The van der Waals surface area contributed by atoms with Crippen molar-refractivity contribution in [3.8, 4) is 0 Å². The van der Waals surface area contributed by atoms with Crippen molar-refractivity contribution in [2.24, 2.45) is 0 Å². The summed E-state index contributed by atoms with van der Waals surface area (Å²) in [5.41, 5.74) is -0.735. The molecule has 0 fully saturated rings. The average Bonchev–Trinajstić information content (AvgIpc) is 2.25. The van der Waals surface area contributed by atoms with E-state index in [1.165, 1.54) is 0 Å². The summed E-state index contributed by atoms with van der Waals surface area (Å²) in [5.74, 6) is -0.272. The van der Waals surface area contributed by atoms with Gasteiger partial charge in [0.25, 0.3) is 0 Å². The smallest absolute Gasteiger partial charge is 0.309 e. The van der Waals surface area contributed by atoms with Gasteiger partial charge in [-0.1, -0.05) is 12.7 Å². The van der Waals surface area contributed by atoms with E-state index in [1.807, 2.05) is 27.7 Å². The number of hydrogen-bond acceptors (Lipinski definition) is 4. The molecular formula is C14H26O4. The third kappa shape index (κ3) is 8.25. The van der Waals surface area contributed by atoms with E-state index in [2.05, 4.69) is 6.58 Å². The van der Waals surface area contributed by atoms with Gasteiger partial charge in [-0.25, -0.2) is 0 Å².